The van der Waals surface area contributed by atoms with Crippen molar-refractivity contribution in [3.8, 4) is 5.75 Å². The summed E-state index contributed by atoms with van der Waals surface area (Å²) in [4.78, 5) is 3.90. The molecule has 0 aliphatic rings. The molecule has 0 aliphatic carbocycles. The Hall–Kier alpha value is 0.0139. The molecule has 0 aliphatic heterocycles. The molecule has 0 aromatic carbocycles. The molecule has 3 nitrogen and oxygen atoms in total. The van der Waals surface area contributed by atoms with E-state index in [1.165, 1.54) is 0 Å². The van der Waals surface area contributed by atoms with Gasteiger partial charge in [0.25, 0.3) is 0 Å². The van der Waals surface area contributed by atoms with E-state index in [1.54, 1.807) is 20.0 Å². The Morgan fingerprint density at radius 3 is 2.50 bits per heavy atom. The Morgan fingerprint density at radius 2 is 2.00 bits per heavy atom. The fourth-order valence-corrected chi connectivity index (χ4v) is 0.916. The number of hydrogen-bond donors (Lipinski definition) is 2. The number of aliphatic hydroxyl groups excluding tert-OH is 1. The quantitative estimate of drug-likeness (QED) is 0.769. The van der Waals surface area contributed by atoms with Crippen LogP contribution >= 0.6 is 0 Å². The Bertz CT molecular complexity index is 276. The molecule has 12 heavy (non-hydrogen) atoms. The Morgan fingerprint density at radius 1 is 1.42 bits per heavy atom. The molecule has 63 valence electrons. The van der Waals surface area contributed by atoms with E-state index in [0.717, 1.165) is 0 Å². The molecule has 1 heterocycles. The van der Waals surface area contributed by atoms with Crippen molar-refractivity contribution in [3.05, 3.63) is 23.0 Å². The molecule has 4 heteroatoms. The first-order chi connectivity index (χ1) is 5.16. The average molecular weight is 242 g/mol. The summed E-state index contributed by atoms with van der Waals surface area (Å²) in [7, 11) is 0. The molecule has 2 N–H and O–H groups in total. The normalized spacial score (nSPS) is 9.25. The molecule has 0 fully saturated rings. The van der Waals surface area contributed by atoms with Crippen LogP contribution in [-0.4, -0.2) is 15.2 Å². The van der Waals surface area contributed by atoms with E-state index in [1.807, 2.05) is 0 Å². The van der Waals surface area contributed by atoms with Crippen molar-refractivity contribution < 1.29 is 42.9 Å². The zero-order valence-electron chi connectivity index (χ0n) is 7.20. The zero-order valence-corrected chi connectivity index (χ0v) is 10.0. The maximum Gasteiger partial charge on any atom is 0.140 e. The molecule has 1 rings (SSSR count). The molecule has 0 saturated carbocycles. The summed E-state index contributed by atoms with van der Waals surface area (Å²) < 4.78 is 0. The molecular formula is C8H11NO2Y. The van der Waals surface area contributed by atoms with Crippen LogP contribution in [0.25, 0.3) is 0 Å². The Labute approximate surface area is 96.7 Å². The third-order valence-corrected chi connectivity index (χ3v) is 1.76. The predicted octanol–water partition coefficient (Wildman–Crippen LogP) is 0.894. The second-order valence-corrected chi connectivity index (χ2v) is 2.50. The van der Waals surface area contributed by atoms with E-state index >= 15 is 0 Å². The molecule has 0 spiro atoms. The van der Waals surface area contributed by atoms with Gasteiger partial charge in [0, 0.05) is 44.5 Å². The molecule has 1 aromatic heterocycles. The van der Waals surface area contributed by atoms with Crippen molar-refractivity contribution >= 4 is 0 Å². The zero-order chi connectivity index (χ0) is 8.43. The van der Waals surface area contributed by atoms with Gasteiger partial charge in [-0.1, -0.05) is 0 Å². The number of rotatable bonds is 1. The van der Waals surface area contributed by atoms with Crippen LogP contribution in [0.5, 0.6) is 5.75 Å². The van der Waals surface area contributed by atoms with E-state index in [-0.39, 0.29) is 45.1 Å². The minimum absolute atomic E-state index is 0. The van der Waals surface area contributed by atoms with E-state index in [4.69, 9.17) is 5.11 Å². The molecule has 1 aromatic rings. The Balaban J connectivity index is 0.00000121. The minimum atomic E-state index is -0.0767. The first-order valence-electron chi connectivity index (χ1n) is 3.41. The van der Waals surface area contributed by atoms with Crippen LogP contribution in [0.4, 0.5) is 0 Å². The summed E-state index contributed by atoms with van der Waals surface area (Å²) >= 11 is 0. The smallest absolute Gasteiger partial charge is 0.140 e. The molecular weight excluding hydrogens is 231 g/mol. The number of aliphatic hydroxyl groups is 1. The van der Waals surface area contributed by atoms with Gasteiger partial charge in [-0.05, 0) is 19.4 Å². The number of aromatic nitrogens is 1. The third-order valence-electron chi connectivity index (χ3n) is 1.76. The van der Waals surface area contributed by atoms with E-state index in [0.29, 0.717) is 16.8 Å². The van der Waals surface area contributed by atoms with Gasteiger partial charge in [0.15, 0.2) is 0 Å². The van der Waals surface area contributed by atoms with E-state index < -0.39 is 0 Å². The van der Waals surface area contributed by atoms with Gasteiger partial charge in [-0.2, -0.15) is 0 Å². The first kappa shape index (κ1) is 12.0. The number of aryl methyl sites for hydroxylation is 1. The second-order valence-electron chi connectivity index (χ2n) is 2.50. The molecule has 0 unspecified atom stereocenters. The SMILES string of the molecule is Cc1ncc(CO)c(C)c1O.[Y]. The molecule has 1 radical (unpaired) electrons. The minimum Gasteiger partial charge on any atom is -0.506 e. The fourth-order valence-electron chi connectivity index (χ4n) is 0.916. The average Bonchev–Trinajstić information content (AvgIpc) is 2.01. The summed E-state index contributed by atoms with van der Waals surface area (Å²) in [5, 5.41) is 18.1. The maximum absolute atomic E-state index is 9.34. The van der Waals surface area contributed by atoms with Crippen LogP contribution in [0.2, 0.25) is 0 Å². The van der Waals surface area contributed by atoms with Crippen LogP contribution in [0.1, 0.15) is 16.8 Å². The van der Waals surface area contributed by atoms with E-state index in [2.05, 4.69) is 4.98 Å². The van der Waals surface area contributed by atoms with Crippen molar-refractivity contribution in [1.29, 1.82) is 0 Å². The third kappa shape index (κ3) is 2.25. The van der Waals surface area contributed by atoms with Gasteiger partial charge in [0.05, 0.1) is 12.3 Å². The van der Waals surface area contributed by atoms with Crippen molar-refractivity contribution in [2.45, 2.75) is 20.5 Å². The number of hydrogen-bond acceptors (Lipinski definition) is 3. The summed E-state index contributed by atoms with van der Waals surface area (Å²) in [5.74, 6) is 0.177. The number of aromatic hydroxyl groups is 1. The van der Waals surface area contributed by atoms with Crippen LogP contribution < -0.4 is 0 Å². The largest absolute Gasteiger partial charge is 0.506 e. The summed E-state index contributed by atoms with van der Waals surface area (Å²) in [6.45, 7) is 3.41. The molecule has 0 saturated heterocycles. The van der Waals surface area contributed by atoms with Crippen molar-refractivity contribution in [1.82, 2.24) is 4.98 Å². The van der Waals surface area contributed by atoms with Crippen LogP contribution in [0.15, 0.2) is 6.20 Å². The van der Waals surface area contributed by atoms with Gasteiger partial charge in [0.2, 0.25) is 0 Å². The molecule has 0 bridgehead atoms. The maximum atomic E-state index is 9.34. The van der Waals surface area contributed by atoms with E-state index in [9.17, 15) is 5.11 Å². The first-order valence-corrected chi connectivity index (χ1v) is 3.41. The van der Waals surface area contributed by atoms with Gasteiger partial charge in [0.1, 0.15) is 5.75 Å². The van der Waals surface area contributed by atoms with Crippen LogP contribution in [-0.2, 0) is 39.3 Å². The van der Waals surface area contributed by atoms with Gasteiger partial charge in [-0.15, -0.1) is 0 Å². The van der Waals surface area contributed by atoms with Gasteiger partial charge >= 0.3 is 0 Å². The number of nitrogens with zero attached hydrogens (tertiary/aromatic N) is 1. The van der Waals surface area contributed by atoms with Crippen molar-refractivity contribution in [2.75, 3.05) is 0 Å². The van der Waals surface area contributed by atoms with Gasteiger partial charge in [-0.3, -0.25) is 4.98 Å². The van der Waals surface area contributed by atoms with Gasteiger partial charge in [-0.25, -0.2) is 0 Å². The van der Waals surface area contributed by atoms with Crippen LogP contribution in [0, 0.1) is 13.8 Å². The molecule has 0 amide bonds. The van der Waals surface area contributed by atoms with Crippen molar-refractivity contribution in [2.24, 2.45) is 0 Å². The summed E-state index contributed by atoms with van der Waals surface area (Å²) in [6, 6.07) is 0. The predicted molar refractivity (Wildman–Crippen MR) is 41.3 cm³/mol. The summed E-state index contributed by atoms with van der Waals surface area (Å²) in [5.41, 5.74) is 1.98. The van der Waals surface area contributed by atoms with Crippen molar-refractivity contribution in [3.63, 3.8) is 0 Å². The monoisotopic (exact) mass is 242 g/mol. The Kier molecular flexibility index (Phi) is 4.91. The van der Waals surface area contributed by atoms with Crippen LogP contribution in [0.3, 0.4) is 0 Å². The second kappa shape index (κ2) is 4.90. The van der Waals surface area contributed by atoms with Gasteiger partial charge < -0.3 is 10.2 Å². The number of pyridine rings is 1. The topological polar surface area (TPSA) is 53.4 Å². The standard InChI is InChI=1S/C8H11NO2.Y/c1-5-7(4-10)3-9-6(2)8(5)11;/h3,10-11H,4H2,1-2H3;. The fraction of sp³-hybridized carbons (Fsp3) is 0.375. The summed E-state index contributed by atoms with van der Waals surface area (Å²) in [6.07, 6.45) is 1.57. The molecule has 0 atom stereocenters.